The summed E-state index contributed by atoms with van der Waals surface area (Å²) >= 11 is 0. The second-order valence-corrected chi connectivity index (χ2v) is 9.31. The minimum atomic E-state index is -0.878. The molecule has 4 atom stereocenters. The summed E-state index contributed by atoms with van der Waals surface area (Å²) in [5.74, 6) is 1.20. The van der Waals surface area contributed by atoms with Crippen molar-refractivity contribution in [3.05, 3.63) is 29.8 Å². The van der Waals surface area contributed by atoms with E-state index in [0.717, 1.165) is 19.3 Å². The molecule has 1 saturated heterocycles. The lowest BCUT2D eigenvalue weighted by Crippen LogP contribution is -2.48. The van der Waals surface area contributed by atoms with Crippen LogP contribution >= 0.6 is 0 Å². The van der Waals surface area contributed by atoms with Crippen LogP contribution in [0.5, 0.6) is 5.75 Å². The van der Waals surface area contributed by atoms with Crippen molar-refractivity contribution in [2.45, 2.75) is 71.8 Å². The molecular formula is C26H47N3O5. The zero-order chi connectivity index (χ0) is 24.2. The molecule has 1 aromatic carbocycles. The van der Waals surface area contributed by atoms with E-state index < -0.39 is 18.4 Å². The highest BCUT2D eigenvalue weighted by Crippen LogP contribution is 2.25. The molecule has 5 N–H and O–H groups in total. The molecule has 1 fully saturated rings. The third-order valence-electron chi connectivity index (χ3n) is 6.38. The van der Waals surface area contributed by atoms with Gasteiger partial charge < -0.3 is 30.3 Å². The summed E-state index contributed by atoms with van der Waals surface area (Å²) in [6.45, 7) is 6.87. The number of hydrogen-bond acceptors (Lipinski definition) is 7. The monoisotopic (exact) mass is 481 g/mol. The van der Waals surface area contributed by atoms with Crippen molar-refractivity contribution in [3.63, 3.8) is 0 Å². The summed E-state index contributed by atoms with van der Waals surface area (Å²) in [6.07, 6.45) is 2.17. The first-order valence-electron chi connectivity index (χ1n) is 12.2. The molecule has 196 valence electrons. The summed E-state index contributed by atoms with van der Waals surface area (Å²) in [5, 5.41) is 24.6. The third-order valence-corrected chi connectivity index (χ3v) is 6.38. The maximum absolute atomic E-state index is 12.0. The highest BCUT2D eigenvalue weighted by Gasteiger charge is 2.27. The van der Waals surface area contributed by atoms with Gasteiger partial charge in [0, 0.05) is 57.8 Å². The van der Waals surface area contributed by atoms with Gasteiger partial charge in [-0.3, -0.25) is 10.1 Å². The van der Waals surface area contributed by atoms with Crippen molar-refractivity contribution in [2.24, 2.45) is 17.6 Å². The van der Waals surface area contributed by atoms with Gasteiger partial charge in [-0.1, -0.05) is 39.5 Å². The van der Waals surface area contributed by atoms with Gasteiger partial charge in [-0.05, 0) is 37.2 Å². The van der Waals surface area contributed by atoms with Crippen molar-refractivity contribution < 1.29 is 24.5 Å². The molecule has 1 aliphatic rings. The second-order valence-electron chi connectivity index (χ2n) is 9.31. The van der Waals surface area contributed by atoms with Crippen LogP contribution in [0.25, 0.3) is 0 Å². The number of carbonyl (C=O) groups is 1. The topological polar surface area (TPSA) is 117 Å². The third kappa shape index (κ3) is 9.88. The number of amides is 1. The fourth-order valence-electron chi connectivity index (χ4n) is 4.11. The molecule has 1 aromatic rings. The van der Waals surface area contributed by atoms with Crippen molar-refractivity contribution >= 4 is 5.91 Å². The van der Waals surface area contributed by atoms with Crippen molar-refractivity contribution in [3.8, 4) is 5.75 Å². The summed E-state index contributed by atoms with van der Waals surface area (Å²) in [5.41, 5.74) is 7.02. The largest absolute Gasteiger partial charge is 0.493 e. The lowest BCUT2D eigenvalue weighted by Gasteiger charge is -2.33. The predicted octanol–water partition coefficient (Wildman–Crippen LogP) is 2.68. The Morgan fingerprint density at radius 2 is 1.91 bits per heavy atom. The van der Waals surface area contributed by atoms with Gasteiger partial charge >= 0.3 is 0 Å². The molecule has 0 radical (unpaired) electrons. The fourth-order valence-corrected chi connectivity index (χ4v) is 4.11. The molecule has 1 amide bonds. The van der Waals surface area contributed by atoms with Crippen molar-refractivity contribution in [1.29, 1.82) is 0 Å². The van der Waals surface area contributed by atoms with Crippen LogP contribution in [-0.4, -0.2) is 73.1 Å². The molecule has 0 bridgehead atoms. The number of aliphatic hydroxyl groups excluding tert-OH is 2. The fraction of sp³-hybridized carbons (Fsp3) is 0.731. The molecule has 2 rings (SSSR count). The van der Waals surface area contributed by atoms with E-state index in [4.69, 9.17) is 15.2 Å². The minimum Gasteiger partial charge on any atom is -0.493 e. The number of nitrogens with one attached hydrogen (secondary N) is 1. The molecule has 0 saturated carbocycles. The summed E-state index contributed by atoms with van der Waals surface area (Å²) in [4.78, 5) is 13.8. The van der Waals surface area contributed by atoms with E-state index in [9.17, 15) is 15.0 Å². The first-order valence-corrected chi connectivity index (χ1v) is 12.2. The molecule has 1 heterocycles. The van der Waals surface area contributed by atoms with E-state index in [-0.39, 0.29) is 25.8 Å². The van der Waals surface area contributed by atoms with Crippen LogP contribution in [0.1, 0.15) is 65.2 Å². The van der Waals surface area contributed by atoms with E-state index in [1.54, 1.807) is 12.0 Å². The van der Waals surface area contributed by atoms with Crippen LogP contribution < -0.4 is 15.8 Å². The number of benzene rings is 1. The number of likely N-dealkylation sites (tertiary alicyclic amines) is 1. The normalized spacial score (nSPS) is 17.7. The molecule has 34 heavy (non-hydrogen) atoms. The average molecular weight is 482 g/mol. The maximum Gasteiger partial charge on any atom is 0.222 e. The Bertz CT molecular complexity index is 703. The van der Waals surface area contributed by atoms with E-state index >= 15 is 0 Å². The number of aliphatic hydroxyl groups is 2. The highest BCUT2D eigenvalue weighted by atomic mass is 16.5. The zero-order valence-electron chi connectivity index (χ0n) is 20.4. The summed E-state index contributed by atoms with van der Waals surface area (Å²) < 4.78 is 10.9. The lowest BCUT2D eigenvalue weighted by molar-refractivity contribution is -0.135. The van der Waals surface area contributed by atoms with Gasteiger partial charge in [0.1, 0.15) is 12.0 Å². The molecule has 0 aliphatic carbocycles. The Kier molecular flexibility index (Phi) is 14.3. The van der Waals surface area contributed by atoms with E-state index in [1.807, 2.05) is 24.3 Å². The highest BCUT2D eigenvalue weighted by molar-refractivity contribution is 5.76. The zero-order valence-corrected chi connectivity index (χ0v) is 20.4. The van der Waals surface area contributed by atoms with E-state index in [0.29, 0.717) is 56.4 Å². The van der Waals surface area contributed by atoms with Crippen LogP contribution in [0, 0.1) is 11.8 Å². The number of piperidine rings is 1. The number of β-amino-alcohol motifs (C(OH)–C–C–N with tert-alkyl or cyclic N) is 1. The average Bonchev–Trinajstić information content (AvgIpc) is 2.80. The Morgan fingerprint density at radius 3 is 2.59 bits per heavy atom. The minimum absolute atomic E-state index is 0. The molecule has 1 unspecified atom stereocenters. The SMILES string of the molecule is C.COCCCOc1ccccc1C(O)NC[C@@H](C[C@H](N)[C@@H](O)CN1CCCCC1=O)C(C)C. The molecule has 8 nitrogen and oxygen atoms in total. The van der Waals surface area contributed by atoms with Gasteiger partial charge in [0.05, 0.1) is 12.7 Å². The molecule has 1 aliphatic heterocycles. The Balaban J connectivity index is 0.00000578. The van der Waals surface area contributed by atoms with E-state index in [1.165, 1.54) is 0 Å². The lowest BCUT2D eigenvalue weighted by atomic mass is 9.87. The van der Waals surface area contributed by atoms with Crippen LogP contribution in [-0.2, 0) is 9.53 Å². The Morgan fingerprint density at radius 1 is 1.18 bits per heavy atom. The first-order chi connectivity index (χ1) is 15.8. The number of para-hydroxylation sites is 1. The number of carbonyl (C=O) groups excluding carboxylic acids is 1. The summed E-state index contributed by atoms with van der Waals surface area (Å²) in [6, 6.07) is 7.00. The van der Waals surface area contributed by atoms with Crippen molar-refractivity contribution in [1.82, 2.24) is 10.2 Å². The van der Waals surface area contributed by atoms with Crippen LogP contribution in [0.2, 0.25) is 0 Å². The number of hydrogen-bond donors (Lipinski definition) is 4. The number of nitrogens with two attached hydrogens (primary N) is 1. The summed E-state index contributed by atoms with van der Waals surface area (Å²) in [7, 11) is 1.66. The molecule has 0 aromatic heterocycles. The van der Waals surface area contributed by atoms with Gasteiger partial charge in [-0.25, -0.2) is 0 Å². The van der Waals surface area contributed by atoms with Gasteiger partial charge in [-0.2, -0.15) is 0 Å². The number of ether oxygens (including phenoxy) is 2. The molecule has 0 spiro atoms. The Hall–Kier alpha value is -1.71. The van der Waals surface area contributed by atoms with Crippen LogP contribution in [0.15, 0.2) is 24.3 Å². The standard InChI is InChI=1S/C25H43N3O5.CH4/c1-18(2)19(15-21(26)22(29)17-28-12-7-6-11-24(28)30)16-27-25(31)20-9-4-5-10-23(20)33-14-8-13-32-3;/h4-5,9-10,18-19,21-22,25,27,29,31H,6-8,11-17,26H2,1-3H3;1H4/t19-,21+,22+,25?;/m1./s1. The van der Waals surface area contributed by atoms with E-state index in [2.05, 4.69) is 19.2 Å². The predicted molar refractivity (Wildman–Crippen MR) is 135 cm³/mol. The van der Waals surface area contributed by atoms with Crippen molar-refractivity contribution in [2.75, 3.05) is 40.0 Å². The maximum atomic E-state index is 12.0. The van der Waals surface area contributed by atoms with Crippen LogP contribution in [0.3, 0.4) is 0 Å². The molecular weight excluding hydrogens is 434 g/mol. The Labute approximate surface area is 205 Å². The van der Waals surface area contributed by atoms with Gasteiger partial charge in [0.25, 0.3) is 0 Å². The first kappa shape index (κ1) is 30.3. The van der Waals surface area contributed by atoms with Gasteiger partial charge in [-0.15, -0.1) is 0 Å². The number of rotatable bonds is 15. The molecule has 8 heteroatoms. The van der Waals surface area contributed by atoms with Crippen LogP contribution in [0.4, 0.5) is 0 Å². The second kappa shape index (κ2) is 16.1. The number of nitrogens with zero attached hydrogens (tertiary/aromatic N) is 1. The smallest absolute Gasteiger partial charge is 0.222 e. The van der Waals surface area contributed by atoms with Gasteiger partial charge in [0.2, 0.25) is 5.91 Å². The van der Waals surface area contributed by atoms with Gasteiger partial charge in [0.15, 0.2) is 0 Å². The quantitative estimate of drug-likeness (QED) is 0.225. The number of methoxy groups -OCH3 is 1.